The lowest BCUT2D eigenvalue weighted by molar-refractivity contribution is -0.136. The lowest BCUT2D eigenvalue weighted by Gasteiger charge is -2.15. The molecule has 0 aliphatic heterocycles. The van der Waals surface area contributed by atoms with Gasteiger partial charge in [0.25, 0.3) is 5.91 Å². The minimum atomic E-state index is -4.78. The third kappa shape index (κ3) is 5.94. The lowest BCUT2D eigenvalue weighted by Crippen LogP contribution is -2.16. The molecule has 7 nitrogen and oxygen atoms in total. The fourth-order valence-electron chi connectivity index (χ4n) is 2.88. The van der Waals surface area contributed by atoms with Crippen LogP contribution in [-0.2, 0) is 11.0 Å². The zero-order chi connectivity index (χ0) is 24.0. The van der Waals surface area contributed by atoms with Crippen LogP contribution in [0.3, 0.4) is 0 Å². The van der Waals surface area contributed by atoms with Crippen molar-refractivity contribution in [2.45, 2.75) is 6.18 Å². The highest BCUT2D eigenvalue weighted by molar-refractivity contribution is 6.04. The molecule has 1 heterocycles. The number of halogens is 3. The second-order valence-electron chi connectivity index (χ2n) is 6.62. The number of ether oxygens (including phenoxy) is 2. The predicted octanol–water partition coefficient (Wildman–Crippen LogP) is 5.22. The number of methoxy groups -OCH3 is 2. The molecule has 172 valence electrons. The van der Waals surface area contributed by atoms with Crippen LogP contribution in [0.15, 0.2) is 65.3 Å². The average molecular weight is 460 g/mol. The molecule has 0 aliphatic rings. The molecule has 2 aromatic carbocycles. The first-order valence-electron chi connectivity index (χ1n) is 9.48. The Balaban J connectivity index is 1.80. The number of furan rings is 1. The summed E-state index contributed by atoms with van der Waals surface area (Å²) < 4.78 is 56.0. The fourth-order valence-corrected chi connectivity index (χ4v) is 2.88. The zero-order valence-corrected chi connectivity index (χ0v) is 17.5. The summed E-state index contributed by atoms with van der Waals surface area (Å²) in [6, 6.07) is 10.8. The molecule has 0 aliphatic carbocycles. The second kappa shape index (κ2) is 9.94. The minimum Gasteiger partial charge on any atom is -0.497 e. The Labute approximate surface area is 186 Å². The van der Waals surface area contributed by atoms with E-state index in [4.69, 9.17) is 13.9 Å². The second-order valence-corrected chi connectivity index (χ2v) is 6.62. The molecule has 0 fully saturated rings. The summed E-state index contributed by atoms with van der Waals surface area (Å²) >= 11 is 0. The zero-order valence-electron chi connectivity index (χ0n) is 17.5. The topological polar surface area (TPSA) is 89.8 Å². The Morgan fingerprint density at radius 2 is 1.79 bits per heavy atom. The molecule has 0 atom stereocenters. The number of carbonyl (C=O) groups excluding carboxylic acids is 2. The SMILES string of the molecule is COc1ccc(OC)c(/C=C/C(=O)Nc2ccc(NC(=O)c3ccco3)cc2C(F)(F)F)c1. The summed E-state index contributed by atoms with van der Waals surface area (Å²) in [4.78, 5) is 24.4. The van der Waals surface area contributed by atoms with Crippen LogP contribution in [0.2, 0.25) is 0 Å². The van der Waals surface area contributed by atoms with Crippen LogP contribution in [0.4, 0.5) is 24.5 Å². The Kier molecular flexibility index (Phi) is 7.07. The van der Waals surface area contributed by atoms with Gasteiger partial charge in [0.15, 0.2) is 5.76 Å². The van der Waals surface area contributed by atoms with Crippen molar-refractivity contribution < 1.29 is 36.7 Å². The summed E-state index contributed by atoms with van der Waals surface area (Å²) in [5.74, 6) is -0.591. The maximum atomic E-state index is 13.6. The number of amides is 2. The molecular weight excluding hydrogens is 441 g/mol. The van der Waals surface area contributed by atoms with Crippen LogP contribution >= 0.6 is 0 Å². The number of nitrogens with one attached hydrogen (secondary N) is 2. The van der Waals surface area contributed by atoms with Crippen molar-refractivity contribution in [2.24, 2.45) is 0 Å². The first-order valence-corrected chi connectivity index (χ1v) is 9.48. The monoisotopic (exact) mass is 460 g/mol. The molecule has 1 aromatic heterocycles. The van der Waals surface area contributed by atoms with E-state index in [9.17, 15) is 22.8 Å². The van der Waals surface area contributed by atoms with Gasteiger partial charge < -0.3 is 24.5 Å². The van der Waals surface area contributed by atoms with Crippen molar-refractivity contribution in [1.29, 1.82) is 0 Å². The van der Waals surface area contributed by atoms with E-state index in [2.05, 4.69) is 10.6 Å². The Bertz CT molecular complexity index is 1170. The van der Waals surface area contributed by atoms with Crippen molar-refractivity contribution in [3.05, 3.63) is 77.8 Å². The van der Waals surface area contributed by atoms with Crippen molar-refractivity contribution in [3.8, 4) is 11.5 Å². The molecule has 0 saturated heterocycles. The number of hydrogen-bond acceptors (Lipinski definition) is 5. The Hall–Kier alpha value is -4.21. The smallest absolute Gasteiger partial charge is 0.418 e. The van der Waals surface area contributed by atoms with E-state index in [0.717, 1.165) is 18.2 Å². The highest BCUT2D eigenvalue weighted by Crippen LogP contribution is 2.37. The van der Waals surface area contributed by atoms with E-state index < -0.39 is 29.2 Å². The molecule has 0 unspecified atom stereocenters. The molecule has 0 bridgehead atoms. The van der Waals surface area contributed by atoms with E-state index in [1.165, 1.54) is 44.8 Å². The van der Waals surface area contributed by atoms with E-state index >= 15 is 0 Å². The van der Waals surface area contributed by atoms with Crippen molar-refractivity contribution in [1.82, 2.24) is 0 Å². The maximum Gasteiger partial charge on any atom is 0.418 e. The number of hydrogen-bond donors (Lipinski definition) is 2. The van der Waals surface area contributed by atoms with Gasteiger partial charge in [-0.25, -0.2) is 0 Å². The molecule has 10 heteroatoms. The number of carbonyl (C=O) groups is 2. The van der Waals surface area contributed by atoms with Gasteiger partial charge in [-0.2, -0.15) is 13.2 Å². The van der Waals surface area contributed by atoms with Crippen LogP contribution < -0.4 is 20.1 Å². The lowest BCUT2D eigenvalue weighted by atomic mass is 10.1. The summed E-state index contributed by atoms with van der Waals surface area (Å²) in [6.45, 7) is 0. The third-order valence-electron chi connectivity index (χ3n) is 4.44. The van der Waals surface area contributed by atoms with Crippen LogP contribution in [0, 0.1) is 0 Å². The van der Waals surface area contributed by atoms with Crippen LogP contribution in [-0.4, -0.2) is 26.0 Å². The Morgan fingerprint density at radius 3 is 2.42 bits per heavy atom. The van der Waals surface area contributed by atoms with Gasteiger partial charge in [0, 0.05) is 17.3 Å². The molecule has 0 spiro atoms. The maximum absolute atomic E-state index is 13.6. The van der Waals surface area contributed by atoms with Gasteiger partial charge in [0.2, 0.25) is 5.91 Å². The molecule has 3 rings (SSSR count). The fraction of sp³-hybridized carbons (Fsp3) is 0.130. The minimum absolute atomic E-state index is 0.0564. The normalized spacial score (nSPS) is 11.3. The molecule has 2 N–H and O–H groups in total. The third-order valence-corrected chi connectivity index (χ3v) is 4.44. The standard InChI is InChI=1S/C23H19F3N2O5/c1-31-16-7-9-19(32-2)14(12-16)5-10-21(29)28-18-8-6-15(13-17(18)23(24,25)26)27-22(30)20-4-3-11-33-20/h3-13H,1-2H3,(H,27,30)(H,28,29)/b10-5+. The van der Waals surface area contributed by atoms with Crippen LogP contribution in [0.25, 0.3) is 6.08 Å². The van der Waals surface area contributed by atoms with Crippen molar-refractivity contribution in [2.75, 3.05) is 24.9 Å². The quantitative estimate of drug-likeness (QED) is 0.472. The van der Waals surface area contributed by atoms with E-state index in [1.54, 1.807) is 18.2 Å². The van der Waals surface area contributed by atoms with Gasteiger partial charge >= 0.3 is 6.18 Å². The first kappa shape index (κ1) is 23.5. The van der Waals surface area contributed by atoms with Gasteiger partial charge in [-0.05, 0) is 54.6 Å². The molecule has 33 heavy (non-hydrogen) atoms. The van der Waals surface area contributed by atoms with E-state index in [0.29, 0.717) is 17.1 Å². The van der Waals surface area contributed by atoms with Gasteiger partial charge in [0.05, 0.1) is 31.7 Å². The first-order chi connectivity index (χ1) is 15.7. The Morgan fingerprint density at radius 1 is 1.00 bits per heavy atom. The van der Waals surface area contributed by atoms with Gasteiger partial charge in [0.1, 0.15) is 11.5 Å². The van der Waals surface area contributed by atoms with Gasteiger partial charge in [-0.15, -0.1) is 0 Å². The highest BCUT2D eigenvalue weighted by atomic mass is 19.4. The summed E-state index contributed by atoms with van der Waals surface area (Å²) in [5.41, 5.74) is -1.20. The molecule has 0 radical (unpaired) electrons. The largest absolute Gasteiger partial charge is 0.497 e. The van der Waals surface area contributed by atoms with Crippen LogP contribution in [0.1, 0.15) is 21.7 Å². The summed E-state index contributed by atoms with van der Waals surface area (Å²) in [6.07, 6.45) is -1.05. The van der Waals surface area contributed by atoms with Crippen molar-refractivity contribution in [3.63, 3.8) is 0 Å². The highest BCUT2D eigenvalue weighted by Gasteiger charge is 2.34. The van der Waals surface area contributed by atoms with E-state index in [1.807, 2.05) is 0 Å². The van der Waals surface area contributed by atoms with Gasteiger partial charge in [-0.3, -0.25) is 9.59 Å². The van der Waals surface area contributed by atoms with Gasteiger partial charge in [-0.1, -0.05) is 0 Å². The predicted molar refractivity (Wildman–Crippen MR) is 115 cm³/mol. The molecule has 0 saturated carbocycles. The molecular formula is C23H19F3N2O5. The number of rotatable bonds is 7. The number of alkyl halides is 3. The number of anilines is 2. The molecule has 2 amide bonds. The molecule has 3 aromatic rings. The van der Waals surface area contributed by atoms with E-state index in [-0.39, 0.29) is 11.4 Å². The summed E-state index contributed by atoms with van der Waals surface area (Å²) in [7, 11) is 2.92. The average Bonchev–Trinajstić information content (AvgIpc) is 3.33. The van der Waals surface area contributed by atoms with Crippen LogP contribution in [0.5, 0.6) is 11.5 Å². The van der Waals surface area contributed by atoms with Crippen molar-refractivity contribution >= 4 is 29.3 Å². The summed E-state index contributed by atoms with van der Waals surface area (Å²) in [5, 5.41) is 4.53. The number of benzene rings is 2.